The topological polar surface area (TPSA) is 29.1 Å². The van der Waals surface area contributed by atoms with Gasteiger partial charge in [0.05, 0.1) is 21.5 Å². The number of carbonyl (C=O) groups is 1. The molecule has 0 spiro atoms. The molecule has 0 atom stereocenters. The lowest BCUT2D eigenvalue weighted by atomic mass is 10.1. The minimum Gasteiger partial charge on any atom is -0.323 e. The van der Waals surface area contributed by atoms with Crippen LogP contribution in [0, 0.1) is 13.8 Å². The first kappa shape index (κ1) is 16.2. The zero-order chi connectivity index (χ0) is 15.4. The second-order valence-corrected chi connectivity index (χ2v) is 6.54. The largest absolute Gasteiger partial charge is 0.323 e. The van der Waals surface area contributed by atoms with E-state index in [4.69, 9.17) is 23.2 Å². The van der Waals surface area contributed by atoms with Crippen molar-refractivity contribution in [1.82, 2.24) is 0 Å². The lowest BCUT2D eigenvalue weighted by molar-refractivity contribution is -0.113. The Hall–Kier alpha value is -1.16. The van der Waals surface area contributed by atoms with Gasteiger partial charge in [-0.05, 0) is 49.2 Å². The smallest absolute Gasteiger partial charge is 0.234 e. The molecule has 21 heavy (non-hydrogen) atoms. The molecule has 1 N–H and O–H groups in total. The predicted octanol–water partition coefficient (Wildman–Crippen LogP) is 5.34. The highest BCUT2D eigenvalue weighted by Gasteiger charge is 2.10. The van der Waals surface area contributed by atoms with Crippen molar-refractivity contribution >= 4 is 46.6 Å². The fourth-order valence-corrected chi connectivity index (χ4v) is 3.03. The van der Waals surface area contributed by atoms with Crippen LogP contribution in [0.3, 0.4) is 0 Å². The van der Waals surface area contributed by atoms with Crippen LogP contribution in [0.2, 0.25) is 10.0 Å². The summed E-state index contributed by atoms with van der Waals surface area (Å²) in [4.78, 5) is 13.1. The Labute approximate surface area is 138 Å². The van der Waals surface area contributed by atoms with Crippen molar-refractivity contribution in [3.05, 3.63) is 57.6 Å². The van der Waals surface area contributed by atoms with Crippen molar-refractivity contribution in [1.29, 1.82) is 0 Å². The first-order valence-corrected chi connectivity index (χ1v) is 8.15. The standard InChI is InChI=1S/C16H15Cl2NOS/c1-10-6-7-12(8-11(10)2)21-9-15(20)19-16-13(17)4-3-5-14(16)18/h3-8H,9H2,1-2H3,(H,19,20). The molecule has 2 rings (SSSR count). The molecule has 0 fully saturated rings. The van der Waals surface area contributed by atoms with E-state index >= 15 is 0 Å². The van der Waals surface area contributed by atoms with E-state index in [2.05, 4.69) is 31.3 Å². The van der Waals surface area contributed by atoms with Crippen molar-refractivity contribution in [3.63, 3.8) is 0 Å². The molecule has 0 radical (unpaired) electrons. The van der Waals surface area contributed by atoms with Crippen LogP contribution in [0.1, 0.15) is 11.1 Å². The number of hydrogen-bond acceptors (Lipinski definition) is 2. The molecule has 0 aliphatic heterocycles. The van der Waals surface area contributed by atoms with Gasteiger partial charge in [-0.1, -0.05) is 35.3 Å². The maximum Gasteiger partial charge on any atom is 0.234 e. The highest BCUT2D eigenvalue weighted by molar-refractivity contribution is 8.00. The fraction of sp³-hybridized carbons (Fsp3) is 0.188. The van der Waals surface area contributed by atoms with Crippen LogP contribution in [0.4, 0.5) is 5.69 Å². The lowest BCUT2D eigenvalue weighted by Gasteiger charge is -2.09. The Morgan fingerprint density at radius 2 is 1.76 bits per heavy atom. The van der Waals surface area contributed by atoms with E-state index in [0.717, 1.165) is 4.90 Å². The maximum absolute atomic E-state index is 12.0. The number of halogens is 2. The van der Waals surface area contributed by atoms with E-state index in [1.807, 2.05) is 6.07 Å². The van der Waals surface area contributed by atoms with Crippen molar-refractivity contribution in [2.45, 2.75) is 18.7 Å². The third kappa shape index (κ3) is 4.40. The van der Waals surface area contributed by atoms with E-state index < -0.39 is 0 Å². The number of carbonyl (C=O) groups excluding carboxylic acids is 1. The van der Waals surface area contributed by atoms with E-state index in [1.54, 1.807) is 18.2 Å². The molecule has 2 nitrogen and oxygen atoms in total. The quantitative estimate of drug-likeness (QED) is 0.761. The fourth-order valence-electron chi connectivity index (χ4n) is 1.75. The summed E-state index contributed by atoms with van der Waals surface area (Å²) in [6, 6.07) is 11.3. The molecule has 0 unspecified atom stereocenters. The van der Waals surface area contributed by atoms with Gasteiger partial charge in [0.2, 0.25) is 5.91 Å². The van der Waals surface area contributed by atoms with Gasteiger partial charge in [0.25, 0.3) is 0 Å². The Kier molecular flexibility index (Phi) is 5.57. The molecular weight excluding hydrogens is 325 g/mol. The van der Waals surface area contributed by atoms with Crippen LogP contribution in [0.15, 0.2) is 41.3 Å². The van der Waals surface area contributed by atoms with Gasteiger partial charge in [-0.15, -0.1) is 11.8 Å². The molecule has 0 heterocycles. The van der Waals surface area contributed by atoms with Gasteiger partial charge in [0, 0.05) is 4.90 Å². The van der Waals surface area contributed by atoms with Gasteiger partial charge < -0.3 is 5.32 Å². The summed E-state index contributed by atoms with van der Waals surface area (Å²) in [6.45, 7) is 4.12. The number of rotatable bonds is 4. The maximum atomic E-state index is 12.0. The van der Waals surface area contributed by atoms with E-state index in [0.29, 0.717) is 21.5 Å². The highest BCUT2D eigenvalue weighted by Crippen LogP contribution is 2.30. The van der Waals surface area contributed by atoms with Crippen LogP contribution < -0.4 is 5.32 Å². The SMILES string of the molecule is Cc1ccc(SCC(=O)Nc2c(Cl)cccc2Cl)cc1C. The lowest BCUT2D eigenvalue weighted by Crippen LogP contribution is -2.14. The van der Waals surface area contributed by atoms with Gasteiger partial charge in [0.1, 0.15) is 0 Å². The number of para-hydroxylation sites is 1. The van der Waals surface area contributed by atoms with E-state index in [-0.39, 0.29) is 5.91 Å². The summed E-state index contributed by atoms with van der Waals surface area (Å²) in [6.07, 6.45) is 0. The summed E-state index contributed by atoms with van der Waals surface area (Å²) >= 11 is 13.5. The van der Waals surface area contributed by atoms with Gasteiger partial charge in [-0.25, -0.2) is 0 Å². The van der Waals surface area contributed by atoms with Gasteiger partial charge in [-0.2, -0.15) is 0 Å². The minimum absolute atomic E-state index is 0.131. The number of aryl methyl sites for hydroxylation is 2. The molecular formula is C16H15Cl2NOS. The zero-order valence-electron chi connectivity index (χ0n) is 11.7. The van der Waals surface area contributed by atoms with Gasteiger partial charge in [0.15, 0.2) is 0 Å². The van der Waals surface area contributed by atoms with Crippen molar-refractivity contribution in [3.8, 4) is 0 Å². The highest BCUT2D eigenvalue weighted by atomic mass is 35.5. The molecule has 5 heteroatoms. The summed E-state index contributed by atoms with van der Waals surface area (Å²) in [5.74, 6) is 0.178. The Bertz CT molecular complexity index is 653. The number of benzene rings is 2. The van der Waals surface area contributed by atoms with E-state index in [9.17, 15) is 4.79 Å². The first-order valence-electron chi connectivity index (χ1n) is 6.41. The van der Waals surface area contributed by atoms with Crippen LogP contribution in [0.5, 0.6) is 0 Å². The molecule has 0 saturated heterocycles. The van der Waals surface area contributed by atoms with Gasteiger partial charge >= 0.3 is 0 Å². The van der Waals surface area contributed by atoms with Crippen molar-refractivity contribution < 1.29 is 4.79 Å². The minimum atomic E-state index is -0.131. The summed E-state index contributed by atoms with van der Waals surface area (Å²) in [5.41, 5.74) is 2.92. The molecule has 110 valence electrons. The second kappa shape index (κ2) is 7.21. The molecule has 0 saturated carbocycles. The molecule has 0 aromatic heterocycles. The monoisotopic (exact) mass is 339 g/mol. The van der Waals surface area contributed by atoms with Gasteiger partial charge in [-0.3, -0.25) is 4.79 Å². The first-order chi connectivity index (χ1) is 9.97. The number of thioether (sulfide) groups is 1. The van der Waals surface area contributed by atoms with Crippen LogP contribution in [-0.2, 0) is 4.79 Å². The molecule has 0 bridgehead atoms. The summed E-state index contributed by atoms with van der Waals surface area (Å²) < 4.78 is 0. The second-order valence-electron chi connectivity index (χ2n) is 4.68. The predicted molar refractivity (Wildman–Crippen MR) is 91.7 cm³/mol. The van der Waals surface area contributed by atoms with Crippen molar-refractivity contribution in [2.75, 3.05) is 11.1 Å². The molecule has 2 aromatic carbocycles. The van der Waals surface area contributed by atoms with Crippen LogP contribution >= 0.6 is 35.0 Å². The van der Waals surface area contributed by atoms with E-state index in [1.165, 1.54) is 22.9 Å². The van der Waals surface area contributed by atoms with Crippen LogP contribution in [0.25, 0.3) is 0 Å². The summed E-state index contributed by atoms with van der Waals surface area (Å²) in [5, 5.41) is 3.63. The molecule has 2 aromatic rings. The Balaban J connectivity index is 1.97. The number of nitrogens with one attached hydrogen (secondary N) is 1. The molecule has 1 amide bonds. The van der Waals surface area contributed by atoms with Crippen molar-refractivity contribution in [2.24, 2.45) is 0 Å². The summed E-state index contributed by atoms with van der Waals surface area (Å²) in [7, 11) is 0. The third-order valence-corrected chi connectivity index (χ3v) is 4.70. The molecule has 0 aliphatic carbocycles. The third-order valence-electron chi connectivity index (χ3n) is 3.08. The number of amides is 1. The Morgan fingerprint density at radius 3 is 2.38 bits per heavy atom. The zero-order valence-corrected chi connectivity index (χ0v) is 14.1. The average molecular weight is 340 g/mol. The number of anilines is 1. The normalized spacial score (nSPS) is 10.5. The average Bonchev–Trinajstić information content (AvgIpc) is 2.44. The Morgan fingerprint density at radius 1 is 1.10 bits per heavy atom. The van der Waals surface area contributed by atoms with Crippen LogP contribution in [-0.4, -0.2) is 11.7 Å². The number of hydrogen-bond donors (Lipinski definition) is 1. The molecule has 0 aliphatic rings.